The topological polar surface area (TPSA) is 133 Å². The number of ether oxygens (including phenoxy) is 5. The zero-order valence-corrected chi connectivity index (χ0v) is 21.1. The highest BCUT2D eigenvalue weighted by atomic mass is 16.7. The molecule has 3 rings (SSSR count). The van der Waals surface area contributed by atoms with Gasteiger partial charge in [-0.3, -0.25) is 10.1 Å². The molecule has 0 aliphatic carbocycles. The maximum Gasteiger partial charge on any atom is 0.248 e. The molecule has 1 heterocycles. The van der Waals surface area contributed by atoms with Crippen LogP contribution in [0.25, 0.3) is 0 Å². The first-order valence-electron chi connectivity index (χ1n) is 11.7. The van der Waals surface area contributed by atoms with Gasteiger partial charge in [-0.25, -0.2) is 0 Å². The second kappa shape index (κ2) is 11.4. The zero-order valence-electron chi connectivity index (χ0n) is 21.1. The minimum absolute atomic E-state index is 0.00540. The largest absolute Gasteiger partial charge is 0.493 e. The van der Waals surface area contributed by atoms with Gasteiger partial charge in [-0.1, -0.05) is 26.0 Å². The molecule has 1 aliphatic rings. The van der Waals surface area contributed by atoms with Crippen LogP contribution >= 0.6 is 0 Å². The first kappa shape index (κ1) is 26.9. The van der Waals surface area contributed by atoms with Gasteiger partial charge in [0, 0.05) is 10.5 Å². The van der Waals surface area contributed by atoms with Gasteiger partial charge < -0.3 is 28.8 Å². The summed E-state index contributed by atoms with van der Waals surface area (Å²) in [7, 11) is 4.45. The van der Waals surface area contributed by atoms with Crippen molar-refractivity contribution < 1.29 is 33.7 Å². The highest BCUT2D eigenvalue weighted by molar-refractivity contribution is 5.59. The number of aliphatic hydroxyl groups excluding tert-OH is 1. The Morgan fingerprint density at radius 2 is 1.69 bits per heavy atom. The van der Waals surface area contributed by atoms with Crippen molar-refractivity contribution in [1.29, 1.82) is 5.26 Å². The van der Waals surface area contributed by atoms with Crippen LogP contribution in [0.15, 0.2) is 36.4 Å². The Hall–Kier alpha value is -3.71. The van der Waals surface area contributed by atoms with Crippen molar-refractivity contribution in [2.45, 2.75) is 57.0 Å². The summed E-state index contributed by atoms with van der Waals surface area (Å²) in [6, 6.07) is 11.5. The number of rotatable bonds is 12. The van der Waals surface area contributed by atoms with E-state index in [0.29, 0.717) is 34.3 Å². The number of para-hydroxylation sites is 2. The van der Waals surface area contributed by atoms with Crippen molar-refractivity contribution >= 4 is 0 Å². The summed E-state index contributed by atoms with van der Waals surface area (Å²) in [4.78, 5) is 11.3. The van der Waals surface area contributed by atoms with Crippen LogP contribution in [0.3, 0.4) is 0 Å². The molecule has 2 aromatic carbocycles. The van der Waals surface area contributed by atoms with E-state index >= 15 is 0 Å². The maximum atomic E-state index is 11.9. The van der Waals surface area contributed by atoms with Crippen molar-refractivity contribution in [3.63, 3.8) is 0 Å². The molecule has 10 nitrogen and oxygen atoms in total. The van der Waals surface area contributed by atoms with E-state index in [-0.39, 0.29) is 25.2 Å². The molecule has 1 N–H and O–H groups in total. The minimum Gasteiger partial charge on any atom is -0.493 e. The molecule has 0 bridgehead atoms. The average Bonchev–Trinajstić information content (AvgIpc) is 3.29. The number of nitrogens with zero attached hydrogens (tertiary/aromatic N) is 2. The number of fused-ring (bicyclic) bond motifs is 1. The molecule has 2 aromatic rings. The fourth-order valence-corrected chi connectivity index (χ4v) is 4.63. The Balaban J connectivity index is 1.84. The van der Waals surface area contributed by atoms with E-state index in [4.69, 9.17) is 23.7 Å². The van der Waals surface area contributed by atoms with Crippen molar-refractivity contribution in [2.24, 2.45) is 5.92 Å². The molecule has 0 fully saturated rings. The van der Waals surface area contributed by atoms with Gasteiger partial charge in [0.25, 0.3) is 0 Å². The summed E-state index contributed by atoms with van der Waals surface area (Å²) in [6.45, 7) is 3.77. The SMILES string of the molecule is COc1ccc(C(C#N)(CCC(O)C(CC2Oc3ccccc3O2)[N+](=O)[O-])C(C)C)c(OC)c1OC. The highest BCUT2D eigenvalue weighted by Gasteiger charge is 2.43. The Bertz CT molecular complexity index is 1090. The van der Waals surface area contributed by atoms with E-state index in [1.807, 2.05) is 13.8 Å². The van der Waals surface area contributed by atoms with Crippen LogP contribution < -0.4 is 23.7 Å². The van der Waals surface area contributed by atoms with Gasteiger partial charge in [-0.15, -0.1) is 0 Å². The highest BCUT2D eigenvalue weighted by Crippen LogP contribution is 2.48. The third-order valence-electron chi connectivity index (χ3n) is 6.72. The number of nitriles is 1. The van der Waals surface area contributed by atoms with Crippen molar-refractivity contribution in [3.8, 4) is 34.8 Å². The Morgan fingerprint density at radius 3 is 2.17 bits per heavy atom. The Morgan fingerprint density at radius 1 is 1.08 bits per heavy atom. The number of nitro groups is 1. The van der Waals surface area contributed by atoms with E-state index in [2.05, 4.69) is 6.07 Å². The quantitative estimate of drug-likeness (QED) is 0.338. The predicted octanol–water partition coefficient (Wildman–Crippen LogP) is 4.10. The van der Waals surface area contributed by atoms with Gasteiger partial charge in [-0.2, -0.15) is 5.26 Å². The van der Waals surface area contributed by atoms with Gasteiger partial charge >= 0.3 is 0 Å². The summed E-state index contributed by atoms with van der Waals surface area (Å²) in [5, 5.41) is 33.2. The third-order valence-corrected chi connectivity index (χ3v) is 6.72. The molecule has 0 aromatic heterocycles. The number of methoxy groups -OCH3 is 3. The molecule has 10 heteroatoms. The smallest absolute Gasteiger partial charge is 0.248 e. The maximum absolute atomic E-state index is 11.9. The standard InChI is InChI=1S/C26H32N2O8/c1-16(2)26(15-27,17-10-11-22(32-3)25(34-5)24(17)33-4)13-12-19(29)18(28(30)31)14-23-35-20-8-6-7-9-21(20)36-23/h6-11,16,18-19,23,29H,12-14H2,1-5H3. The summed E-state index contributed by atoms with van der Waals surface area (Å²) in [5.41, 5.74) is -0.563. The lowest BCUT2D eigenvalue weighted by molar-refractivity contribution is -0.538. The van der Waals surface area contributed by atoms with Crippen LogP contribution in [0.2, 0.25) is 0 Å². The molecule has 0 spiro atoms. The summed E-state index contributed by atoms with van der Waals surface area (Å²) in [6.07, 6.45) is -2.23. The number of benzene rings is 2. The van der Waals surface area contributed by atoms with Crippen LogP contribution in [0.4, 0.5) is 0 Å². The van der Waals surface area contributed by atoms with E-state index in [0.717, 1.165) is 0 Å². The van der Waals surface area contributed by atoms with Gasteiger partial charge in [0.05, 0.1) is 39.2 Å². The van der Waals surface area contributed by atoms with E-state index in [1.165, 1.54) is 21.3 Å². The van der Waals surface area contributed by atoms with Gasteiger partial charge in [0.2, 0.25) is 18.1 Å². The molecule has 36 heavy (non-hydrogen) atoms. The number of hydrogen-bond acceptors (Lipinski definition) is 9. The molecule has 0 radical (unpaired) electrons. The average molecular weight is 501 g/mol. The second-order valence-corrected chi connectivity index (χ2v) is 8.93. The van der Waals surface area contributed by atoms with Gasteiger partial charge in [-0.05, 0) is 43.0 Å². The van der Waals surface area contributed by atoms with Crippen LogP contribution in [0.5, 0.6) is 28.7 Å². The first-order valence-corrected chi connectivity index (χ1v) is 11.7. The van der Waals surface area contributed by atoms with Gasteiger partial charge in [0.15, 0.2) is 23.0 Å². The van der Waals surface area contributed by atoms with Crippen LogP contribution in [-0.4, -0.2) is 49.8 Å². The van der Waals surface area contributed by atoms with Gasteiger partial charge in [0.1, 0.15) is 6.10 Å². The van der Waals surface area contributed by atoms with Crippen LogP contribution in [0, 0.1) is 27.4 Å². The Labute approximate surface area is 210 Å². The molecule has 0 saturated carbocycles. The molecular weight excluding hydrogens is 468 g/mol. The zero-order chi connectivity index (χ0) is 26.5. The van der Waals surface area contributed by atoms with E-state index in [1.54, 1.807) is 36.4 Å². The molecule has 1 aliphatic heterocycles. The summed E-state index contributed by atoms with van der Waals surface area (Å²) < 4.78 is 27.8. The molecule has 3 atom stereocenters. The molecule has 194 valence electrons. The van der Waals surface area contributed by atoms with E-state index in [9.17, 15) is 20.5 Å². The number of aliphatic hydroxyl groups is 1. The lowest BCUT2D eigenvalue weighted by Crippen LogP contribution is -2.41. The monoisotopic (exact) mass is 500 g/mol. The Kier molecular flexibility index (Phi) is 8.48. The predicted molar refractivity (Wildman–Crippen MR) is 130 cm³/mol. The van der Waals surface area contributed by atoms with Crippen LogP contribution in [-0.2, 0) is 5.41 Å². The van der Waals surface area contributed by atoms with Crippen molar-refractivity contribution in [3.05, 3.63) is 52.1 Å². The van der Waals surface area contributed by atoms with Crippen molar-refractivity contribution in [1.82, 2.24) is 0 Å². The molecular formula is C26H32N2O8. The lowest BCUT2D eigenvalue weighted by Gasteiger charge is -2.34. The van der Waals surface area contributed by atoms with Crippen LogP contribution in [0.1, 0.15) is 38.7 Å². The van der Waals surface area contributed by atoms with Crippen molar-refractivity contribution in [2.75, 3.05) is 21.3 Å². The first-order chi connectivity index (χ1) is 17.2. The molecule has 0 saturated heterocycles. The van der Waals surface area contributed by atoms with E-state index < -0.39 is 28.8 Å². The molecule has 0 amide bonds. The third kappa shape index (κ3) is 5.11. The fourth-order valence-electron chi connectivity index (χ4n) is 4.63. The number of hydrogen-bond donors (Lipinski definition) is 1. The lowest BCUT2D eigenvalue weighted by atomic mass is 9.68. The second-order valence-electron chi connectivity index (χ2n) is 8.93. The summed E-state index contributed by atoms with van der Waals surface area (Å²) >= 11 is 0. The molecule has 3 unspecified atom stereocenters. The fraction of sp³-hybridized carbons (Fsp3) is 0.500. The minimum atomic E-state index is -1.35. The summed E-state index contributed by atoms with van der Waals surface area (Å²) in [5.74, 6) is 1.92. The normalized spacial score (nSPS) is 16.1.